The fraction of sp³-hybridized carbons (Fsp3) is 0.300. The van der Waals surface area contributed by atoms with Gasteiger partial charge in [-0.15, -0.1) is 5.46 Å². The van der Waals surface area contributed by atoms with Gasteiger partial charge in [-0.1, -0.05) is 18.2 Å². The third kappa shape index (κ3) is 3.82. The van der Waals surface area contributed by atoms with Crippen LogP contribution in [0.5, 0.6) is 0 Å². The third-order valence-corrected chi connectivity index (χ3v) is 2.55. The monoisotopic (exact) mass is 283 g/mol. The van der Waals surface area contributed by atoms with Gasteiger partial charge in [0.2, 0.25) is 0 Å². The van der Waals surface area contributed by atoms with Crippen molar-refractivity contribution in [1.29, 1.82) is 0 Å². The summed E-state index contributed by atoms with van der Waals surface area (Å²) in [5.41, 5.74) is -0.420. The first kappa shape index (κ1) is 16.2. The van der Waals surface area contributed by atoms with E-state index in [0.29, 0.717) is 6.61 Å². The Morgan fingerprint density at radius 3 is 2.61 bits per heavy atom. The van der Waals surface area contributed by atoms with Gasteiger partial charge in [0.25, 0.3) is 5.91 Å². The van der Waals surface area contributed by atoms with E-state index >= 15 is 0 Å². The summed E-state index contributed by atoms with van der Waals surface area (Å²) in [6.07, 6.45) is 0. The van der Waals surface area contributed by atoms with Gasteiger partial charge in [0, 0.05) is 12.2 Å². The fourth-order valence-corrected chi connectivity index (χ4v) is 1.69. The first-order valence-electron chi connectivity index (χ1n) is 5.16. The molecular formula is C10H10BF3KNO2. The molecule has 0 saturated carbocycles. The number of carbonyl (C=O) groups is 1. The molecular weight excluding hydrogens is 273 g/mol. The minimum absolute atomic E-state index is 0. The number of ether oxygens (including phenoxy) is 1. The molecule has 3 nitrogen and oxygen atoms in total. The molecule has 0 spiro atoms. The van der Waals surface area contributed by atoms with E-state index in [9.17, 15) is 17.7 Å². The molecule has 1 aliphatic rings. The smallest absolute Gasteiger partial charge is 0.445 e. The normalized spacial score (nSPS) is 16.4. The van der Waals surface area contributed by atoms with E-state index in [2.05, 4.69) is 0 Å². The molecule has 0 aliphatic carbocycles. The van der Waals surface area contributed by atoms with Crippen LogP contribution in [0.25, 0.3) is 0 Å². The molecule has 0 radical (unpaired) electrons. The first-order valence-corrected chi connectivity index (χ1v) is 5.16. The zero-order chi connectivity index (χ0) is 12.5. The average Bonchev–Trinajstić information content (AvgIpc) is 2.29. The topological polar surface area (TPSA) is 29.5 Å². The molecule has 0 N–H and O–H groups in total. The molecule has 1 heterocycles. The van der Waals surface area contributed by atoms with Crippen molar-refractivity contribution in [3.8, 4) is 0 Å². The maximum absolute atomic E-state index is 12.6. The molecule has 18 heavy (non-hydrogen) atoms. The van der Waals surface area contributed by atoms with Crippen LogP contribution in [0.4, 0.5) is 18.6 Å². The fourth-order valence-electron chi connectivity index (χ4n) is 1.69. The molecule has 2 rings (SSSR count). The molecule has 8 heteroatoms. The number of hydrogen-bond donors (Lipinski definition) is 0. The van der Waals surface area contributed by atoms with Gasteiger partial charge in [-0.05, 0) is 6.07 Å². The molecule has 1 saturated heterocycles. The van der Waals surface area contributed by atoms with E-state index in [-0.39, 0.29) is 76.1 Å². The SMILES string of the molecule is O=C1COCCN1c1cccc([B-](F)(F)F)c1.[K+]. The second-order valence-electron chi connectivity index (χ2n) is 3.77. The Hall–Kier alpha value is 0.141. The zero-order valence-corrected chi connectivity index (χ0v) is 13.0. The van der Waals surface area contributed by atoms with Crippen molar-refractivity contribution in [2.45, 2.75) is 0 Å². The number of anilines is 1. The van der Waals surface area contributed by atoms with Gasteiger partial charge in [0.1, 0.15) is 6.61 Å². The van der Waals surface area contributed by atoms with Crippen molar-refractivity contribution in [3.05, 3.63) is 24.3 Å². The van der Waals surface area contributed by atoms with E-state index in [0.717, 1.165) is 12.1 Å². The summed E-state index contributed by atoms with van der Waals surface area (Å²) in [5, 5.41) is 0. The van der Waals surface area contributed by atoms with Gasteiger partial charge in [-0.25, -0.2) is 0 Å². The van der Waals surface area contributed by atoms with Crippen molar-refractivity contribution in [3.63, 3.8) is 0 Å². The molecule has 1 aromatic carbocycles. The van der Waals surface area contributed by atoms with E-state index < -0.39 is 12.4 Å². The largest absolute Gasteiger partial charge is 1.00 e. The van der Waals surface area contributed by atoms with Crippen molar-refractivity contribution in [2.75, 3.05) is 24.7 Å². The van der Waals surface area contributed by atoms with E-state index in [1.54, 1.807) is 0 Å². The second-order valence-corrected chi connectivity index (χ2v) is 3.77. The van der Waals surface area contributed by atoms with Crippen LogP contribution in [0.15, 0.2) is 24.3 Å². The molecule has 0 aromatic heterocycles. The van der Waals surface area contributed by atoms with Crippen LogP contribution in [0.3, 0.4) is 0 Å². The average molecular weight is 283 g/mol. The first-order chi connectivity index (χ1) is 7.98. The van der Waals surface area contributed by atoms with Gasteiger partial charge in [-0.3, -0.25) is 4.79 Å². The minimum Gasteiger partial charge on any atom is -0.445 e. The number of carbonyl (C=O) groups excluding carboxylic acids is 1. The third-order valence-electron chi connectivity index (χ3n) is 2.55. The Bertz CT molecular complexity index is 441. The van der Waals surface area contributed by atoms with Gasteiger partial charge >= 0.3 is 58.4 Å². The summed E-state index contributed by atoms with van der Waals surface area (Å²) in [4.78, 5) is 12.8. The maximum Gasteiger partial charge on any atom is 1.00 e. The molecule has 92 valence electrons. The van der Waals surface area contributed by atoms with Crippen LogP contribution in [-0.2, 0) is 9.53 Å². The Balaban J connectivity index is 0.00000162. The quantitative estimate of drug-likeness (QED) is 0.594. The minimum atomic E-state index is -5.04. The Labute approximate surface area is 145 Å². The summed E-state index contributed by atoms with van der Waals surface area (Å²) in [5.74, 6) is -0.317. The Morgan fingerprint density at radius 1 is 1.28 bits per heavy atom. The zero-order valence-electron chi connectivity index (χ0n) is 9.91. The number of hydrogen-bond acceptors (Lipinski definition) is 2. The molecule has 0 bridgehead atoms. The Kier molecular flexibility index (Phi) is 5.88. The molecule has 0 atom stereocenters. The summed E-state index contributed by atoms with van der Waals surface area (Å²) < 4.78 is 42.6. The summed E-state index contributed by atoms with van der Waals surface area (Å²) >= 11 is 0. The van der Waals surface area contributed by atoms with Crippen molar-refractivity contribution < 1.29 is 73.9 Å². The van der Waals surface area contributed by atoms with E-state index in [1.807, 2.05) is 0 Å². The van der Waals surface area contributed by atoms with Crippen LogP contribution >= 0.6 is 0 Å². The summed E-state index contributed by atoms with van der Waals surface area (Å²) in [6, 6.07) is 4.81. The predicted octanol–water partition coefficient (Wildman–Crippen LogP) is -1.89. The van der Waals surface area contributed by atoms with Crippen LogP contribution in [-0.4, -0.2) is 32.6 Å². The summed E-state index contributed by atoms with van der Waals surface area (Å²) in [6.45, 7) is -4.49. The molecule has 1 fully saturated rings. The number of amides is 1. The Morgan fingerprint density at radius 2 is 2.00 bits per heavy atom. The van der Waals surface area contributed by atoms with Gasteiger partial charge in [-0.2, -0.15) is 0 Å². The second kappa shape index (κ2) is 6.54. The molecule has 1 aromatic rings. The van der Waals surface area contributed by atoms with Crippen LogP contribution in [0.2, 0.25) is 0 Å². The van der Waals surface area contributed by atoms with Gasteiger partial charge < -0.3 is 22.6 Å². The van der Waals surface area contributed by atoms with Crippen LogP contribution < -0.4 is 61.7 Å². The van der Waals surface area contributed by atoms with E-state index in [4.69, 9.17) is 4.74 Å². The number of rotatable bonds is 2. The van der Waals surface area contributed by atoms with Crippen molar-refractivity contribution >= 4 is 24.0 Å². The number of halogens is 3. The van der Waals surface area contributed by atoms with Gasteiger partial charge in [0.05, 0.1) is 6.61 Å². The number of nitrogens with zero attached hydrogens (tertiary/aromatic N) is 1. The van der Waals surface area contributed by atoms with Crippen LogP contribution in [0, 0.1) is 0 Å². The summed E-state index contributed by atoms with van der Waals surface area (Å²) in [7, 11) is 0. The molecule has 1 amide bonds. The van der Waals surface area contributed by atoms with Crippen molar-refractivity contribution in [1.82, 2.24) is 0 Å². The molecule has 0 unspecified atom stereocenters. The standard InChI is InChI=1S/C10H10BF3NO2.K/c12-11(13,14)8-2-1-3-9(6-8)15-4-5-17-7-10(15)16;/h1-3,6H,4-5,7H2;/q-1;+1. The van der Waals surface area contributed by atoms with Crippen LogP contribution in [0.1, 0.15) is 0 Å². The van der Waals surface area contributed by atoms with E-state index in [1.165, 1.54) is 17.0 Å². The maximum atomic E-state index is 12.6. The van der Waals surface area contributed by atoms with Gasteiger partial charge in [0.15, 0.2) is 0 Å². The van der Waals surface area contributed by atoms with Crippen molar-refractivity contribution in [2.24, 2.45) is 0 Å². The predicted molar refractivity (Wildman–Crippen MR) is 58.3 cm³/mol. The number of benzene rings is 1. The molecule has 1 aliphatic heterocycles. The number of morpholine rings is 1.